The number of aryl methyl sites for hydroxylation is 2. The van der Waals surface area contributed by atoms with E-state index in [0.29, 0.717) is 6.04 Å². The van der Waals surface area contributed by atoms with Crippen molar-refractivity contribution in [3.63, 3.8) is 0 Å². The van der Waals surface area contributed by atoms with Gasteiger partial charge in [0.1, 0.15) is 0 Å². The molecule has 3 nitrogen and oxygen atoms in total. The summed E-state index contributed by atoms with van der Waals surface area (Å²) in [6, 6.07) is 4.52. The predicted octanol–water partition coefficient (Wildman–Crippen LogP) is 2.99. The van der Waals surface area contributed by atoms with Gasteiger partial charge in [0.25, 0.3) is 0 Å². The maximum Gasteiger partial charge on any atom is 0.161 e. The van der Waals surface area contributed by atoms with E-state index in [2.05, 4.69) is 28.3 Å². The molecule has 1 aromatic heterocycles. The van der Waals surface area contributed by atoms with E-state index in [9.17, 15) is 0 Å². The third kappa shape index (κ3) is 2.76. The van der Waals surface area contributed by atoms with E-state index < -0.39 is 0 Å². The molecule has 16 heavy (non-hydrogen) atoms. The molecule has 0 amide bonds. The van der Waals surface area contributed by atoms with Crippen LogP contribution in [0.5, 0.6) is 0 Å². The number of hydrogen-bond donors (Lipinski definition) is 1. The zero-order chi connectivity index (χ0) is 11.5. The first-order chi connectivity index (χ1) is 7.65. The quantitative estimate of drug-likeness (QED) is 0.813. The van der Waals surface area contributed by atoms with Crippen LogP contribution in [-0.2, 0) is 0 Å². The van der Waals surface area contributed by atoms with Crippen LogP contribution in [0.1, 0.15) is 24.7 Å². The Morgan fingerprint density at radius 2 is 2.19 bits per heavy atom. The van der Waals surface area contributed by atoms with Gasteiger partial charge in [0.2, 0.25) is 0 Å². The molecule has 0 bridgehead atoms. The van der Waals surface area contributed by atoms with Crippen LogP contribution in [0.3, 0.4) is 0 Å². The van der Waals surface area contributed by atoms with Gasteiger partial charge in [-0.3, -0.25) is 9.98 Å². The Hall–Kier alpha value is -1.03. The first-order valence-corrected chi connectivity index (χ1v) is 6.55. The lowest BCUT2D eigenvalue weighted by atomic mass is 10.3. The molecule has 4 heteroatoms. The molecule has 0 radical (unpaired) electrons. The average Bonchev–Trinajstić information content (AvgIpc) is 2.22. The maximum atomic E-state index is 4.58. The molecular weight excluding hydrogens is 218 g/mol. The molecule has 0 aliphatic carbocycles. The molecule has 0 spiro atoms. The summed E-state index contributed by atoms with van der Waals surface area (Å²) in [6.45, 7) is 6.18. The number of thioether (sulfide) groups is 1. The van der Waals surface area contributed by atoms with Crippen molar-refractivity contribution in [3.05, 3.63) is 23.5 Å². The molecule has 2 rings (SSSR count). The highest BCUT2D eigenvalue weighted by Gasteiger charge is 2.12. The van der Waals surface area contributed by atoms with Gasteiger partial charge in [0.05, 0.1) is 17.4 Å². The number of pyridine rings is 1. The van der Waals surface area contributed by atoms with Crippen LogP contribution < -0.4 is 5.32 Å². The van der Waals surface area contributed by atoms with Crippen molar-refractivity contribution in [2.75, 3.05) is 11.1 Å². The molecule has 0 fully saturated rings. The zero-order valence-electron chi connectivity index (χ0n) is 9.95. The van der Waals surface area contributed by atoms with Gasteiger partial charge in [-0.15, -0.1) is 0 Å². The van der Waals surface area contributed by atoms with E-state index in [4.69, 9.17) is 0 Å². The van der Waals surface area contributed by atoms with E-state index in [0.717, 1.165) is 28.0 Å². The Morgan fingerprint density at radius 1 is 1.38 bits per heavy atom. The van der Waals surface area contributed by atoms with Crippen LogP contribution in [0.25, 0.3) is 0 Å². The Bertz CT molecular complexity index is 415. The van der Waals surface area contributed by atoms with Crippen molar-refractivity contribution >= 4 is 22.6 Å². The smallest absolute Gasteiger partial charge is 0.161 e. The summed E-state index contributed by atoms with van der Waals surface area (Å²) in [4.78, 5) is 9.01. The number of anilines is 1. The van der Waals surface area contributed by atoms with Crippen LogP contribution in [0.15, 0.2) is 17.1 Å². The highest BCUT2D eigenvalue weighted by molar-refractivity contribution is 8.14. The van der Waals surface area contributed by atoms with Gasteiger partial charge in [-0.1, -0.05) is 11.8 Å². The maximum absolute atomic E-state index is 4.58. The molecule has 1 aliphatic rings. The number of nitrogens with one attached hydrogen (secondary N) is 1. The highest BCUT2D eigenvalue weighted by Crippen LogP contribution is 2.20. The number of aliphatic imine (C=N–C) groups is 1. The normalized spacial score (nSPS) is 20.4. The lowest BCUT2D eigenvalue weighted by Gasteiger charge is -2.18. The Balaban J connectivity index is 2.14. The lowest BCUT2D eigenvalue weighted by molar-refractivity contribution is 0.720. The number of aromatic nitrogens is 1. The van der Waals surface area contributed by atoms with Crippen molar-refractivity contribution in [1.29, 1.82) is 0 Å². The SMILES string of the molecule is Cc1ccc(NC2=NC(C)CCS2)c(C)n1. The molecule has 1 aliphatic heterocycles. The molecule has 1 aromatic rings. The minimum absolute atomic E-state index is 0.433. The summed E-state index contributed by atoms with van der Waals surface area (Å²) < 4.78 is 0. The van der Waals surface area contributed by atoms with Crippen LogP contribution >= 0.6 is 11.8 Å². The molecule has 0 saturated heterocycles. The first-order valence-electron chi connectivity index (χ1n) is 5.57. The van der Waals surface area contributed by atoms with E-state index in [-0.39, 0.29) is 0 Å². The number of nitrogens with zero attached hydrogens (tertiary/aromatic N) is 2. The average molecular weight is 235 g/mol. The summed E-state index contributed by atoms with van der Waals surface area (Å²) in [6.07, 6.45) is 1.17. The van der Waals surface area contributed by atoms with Gasteiger partial charge >= 0.3 is 0 Å². The predicted molar refractivity (Wildman–Crippen MR) is 71.3 cm³/mol. The van der Waals surface area contributed by atoms with Crippen molar-refractivity contribution in [1.82, 2.24) is 4.98 Å². The Labute approximate surface area is 101 Å². The summed E-state index contributed by atoms with van der Waals surface area (Å²) in [7, 11) is 0. The molecular formula is C12H17N3S. The minimum atomic E-state index is 0.433. The van der Waals surface area contributed by atoms with E-state index >= 15 is 0 Å². The molecule has 0 aromatic carbocycles. The van der Waals surface area contributed by atoms with Crippen LogP contribution in [-0.4, -0.2) is 21.9 Å². The second-order valence-corrected chi connectivity index (χ2v) is 5.21. The molecule has 1 atom stereocenters. The largest absolute Gasteiger partial charge is 0.333 e. The standard InChI is InChI=1S/C12H17N3S/c1-8-4-5-11(10(3)13-8)15-12-14-9(2)6-7-16-12/h4-5,9H,6-7H2,1-3H3,(H,14,15). The highest BCUT2D eigenvalue weighted by atomic mass is 32.2. The Morgan fingerprint density at radius 3 is 2.88 bits per heavy atom. The number of rotatable bonds is 1. The molecule has 86 valence electrons. The second kappa shape index (κ2) is 4.87. The van der Waals surface area contributed by atoms with Gasteiger partial charge in [-0.25, -0.2) is 0 Å². The van der Waals surface area contributed by atoms with Crippen molar-refractivity contribution in [2.45, 2.75) is 33.2 Å². The van der Waals surface area contributed by atoms with Gasteiger partial charge in [-0.05, 0) is 39.3 Å². The second-order valence-electron chi connectivity index (χ2n) is 4.13. The van der Waals surface area contributed by atoms with Crippen LogP contribution in [0.4, 0.5) is 5.69 Å². The fourth-order valence-electron chi connectivity index (χ4n) is 1.63. The van der Waals surface area contributed by atoms with Gasteiger partial charge in [0, 0.05) is 11.4 Å². The van der Waals surface area contributed by atoms with Crippen LogP contribution in [0.2, 0.25) is 0 Å². The molecule has 0 saturated carbocycles. The first kappa shape index (κ1) is 11.5. The number of amidine groups is 1. The molecule has 2 heterocycles. The van der Waals surface area contributed by atoms with Crippen molar-refractivity contribution in [2.24, 2.45) is 4.99 Å². The van der Waals surface area contributed by atoms with Gasteiger partial charge < -0.3 is 5.32 Å². The zero-order valence-corrected chi connectivity index (χ0v) is 10.8. The molecule has 1 unspecified atom stereocenters. The van der Waals surface area contributed by atoms with Crippen LogP contribution in [0, 0.1) is 13.8 Å². The van der Waals surface area contributed by atoms with E-state index in [1.165, 1.54) is 6.42 Å². The monoisotopic (exact) mass is 235 g/mol. The Kier molecular flexibility index (Phi) is 3.49. The fraction of sp³-hybridized carbons (Fsp3) is 0.500. The summed E-state index contributed by atoms with van der Waals surface area (Å²) in [5.74, 6) is 1.14. The van der Waals surface area contributed by atoms with Gasteiger partial charge in [0.15, 0.2) is 5.17 Å². The molecule has 1 N–H and O–H groups in total. The lowest BCUT2D eigenvalue weighted by Crippen LogP contribution is -2.18. The summed E-state index contributed by atoms with van der Waals surface area (Å²) in [5.41, 5.74) is 3.14. The summed E-state index contributed by atoms with van der Waals surface area (Å²) in [5, 5.41) is 4.38. The third-order valence-electron chi connectivity index (χ3n) is 2.58. The van der Waals surface area contributed by atoms with Crippen molar-refractivity contribution < 1.29 is 0 Å². The minimum Gasteiger partial charge on any atom is -0.333 e. The van der Waals surface area contributed by atoms with Crippen molar-refractivity contribution in [3.8, 4) is 0 Å². The topological polar surface area (TPSA) is 37.3 Å². The van der Waals surface area contributed by atoms with Gasteiger partial charge in [-0.2, -0.15) is 0 Å². The van der Waals surface area contributed by atoms with E-state index in [1.807, 2.05) is 19.9 Å². The number of hydrogen-bond acceptors (Lipinski definition) is 4. The van der Waals surface area contributed by atoms with E-state index in [1.54, 1.807) is 11.8 Å². The summed E-state index contributed by atoms with van der Waals surface area (Å²) >= 11 is 1.79. The fourth-order valence-corrected chi connectivity index (χ4v) is 2.72. The third-order valence-corrected chi connectivity index (χ3v) is 3.50.